The van der Waals surface area contributed by atoms with Gasteiger partial charge in [0.2, 0.25) is 0 Å². The van der Waals surface area contributed by atoms with Gasteiger partial charge in [-0.1, -0.05) is 13.3 Å². The van der Waals surface area contributed by atoms with Gasteiger partial charge in [0.1, 0.15) is 11.6 Å². The summed E-state index contributed by atoms with van der Waals surface area (Å²) in [5, 5.41) is 0. The Morgan fingerprint density at radius 1 is 1.10 bits per heavy atom. The molecule has 0 bridgehead atoms. The summed E-state index contributed by atoms with van der Waals surface area (Å²) in [6.45, 7) is 4.55. The number of hydrogen-bond donors (Lipinski definition) is 0. The molecule has 110 valence electrons. The zero-order valence-corrected chi connectivity index (χ0v) is 12.4. The SMILES string of the molecule is CCCCOc1ccc(C(=O)c2cc(C)cc(F)c2)cc1. The molecule has 3 heteroatoms. The molecule has 0 N–H and O–H groups in total. The van der Waals surface area contributed by atoms with Crippen LogP contribution in [0.5, 0.6) is 5.75 Å². The zero-order chi connectivity index (χ0) is 15.2. The van der Waals surface area contributed by atoms with E-state index in [2.05, 4.69) is 6.92 Å². The van der Waals surface area contributed by atoms with Crippen LogP contribution in [0, 0.1) is 12.7 Å². The Hall–Kier alpha value is -2.16. The smallest absolute Gasteiger partial charge is 0.193 e. The van der Waals surface area contributed by atoms with Crippen LogP contribution in [0.1, 0.15) is 41.3 Å². The molecule has 2 rings (SSSR count). The Morgan fingerprint density at radius 3 is 2.43 bits per heavy atom. The minimum absolute atomic E-state index is 0.183. The summed E-state index contributed by atoms with van der Waals surface area (Å²) in [7, 11) is 0. The number of rotatable bonds is 6. The summed E-state index contributed by atoms with van der Waals surface area (Å²) in [4.78, 5) is 12.3. The van der Waals surface area contributed by atoms with Gasteiger partial charge in [0.05, 0.1) is 6.61 Å². The number of carbonyl (C=O) groups is 1. The molecule has 0 aliphatic heterocycles. The number of carbonyl (C=O) groups excluding carboxylic acids is 1. The van der Waals surface area contributed by atoms with Crippen molar-refractivity contribution in [3.05, 3.63) is 65.0 Å². The molecule has 0 fully saturated rings. The van der Waals surface area contributed by atoms with E-state index in [1.54, 1.807) is 37.3 Å². The molecule has 0 amide bonds. The van der Waals surface area contributed by atoms with Crippen LogP contribution < -0.4 is 4.74 Å². The van der Waals surface area contributed by atoms with E-state index in [1.807, 2.05) is 0 Å². The maximum Gasteiger partial charge on any atom is 0.193 e. The van der Waals surface area contributed by atoms with E-state index < -0.39 is 5.82 Å². The molecule has 2 nitrogen and oxygen atoms in total. The standard InChI is InChI=1S/C18H19FO2/c1-3-4-9-21-17-7-5-14(6-8-17)18(20)15-10-13(2)11-16(19)12-15/h5-8,10-12H,3-4,9H2,1-2H3. The van der Waals surface area contributed by atoms with Crippen LogP contribution in [0.15, 0.2) is 42.5 Å². The molecule has 0 aliphatic carbocycles. The minimum Gasteiger partial charge on any atom is -0.494 e. The van der Waals surface area contributed by atoms with Crippen LogP contribution >= 0.6 is 0 Å². The van der Waals surface area contributed by atoms with Crippen LogP contribution in [-0.2, 0) is 0 Å². The number of unbranched alkanes of at least 4 members (excludes halogenated alkanes) is 1. The molecule has 0 radical (unpaired) electrons. The maximum atomic E-state index is 13.4. The van der Waals surface area contributed by atoms with Crippen molar-refractivity contribution in [2.24, 2.45) is 0 Å². The fourth-order valence-corrected chi connectivity index (χ4v) is 2.07. The lowest BCUT2D eigenvalue weighted by molar-refractivity contribution is 0.103. The van der Waals surface area contributed by atoms with Crippen molar-refractivity contribution in [1.29, 1.82) is 0 Å². The van der Waals surface area contributed by atoms with Crippen LogP contribution in [0.25, 0.3) is 0 Å². The largest absolute Gasteiger partial charge is 0.494 e. The predicted molar refractivity (Wildman–Crippen MR) is 81.4 cm³/mol. The van der Waals surface area contributed by atoms with E-state index >= 15 is 0 Å². The second-order valence-electron chi connectivity index (χ2n) is 5.07. The lowest BCUT2D eigenvalue weighted by Gasteiger charge is -2.07. The van der Waals surface area contributed by atoms with E-state index in [0.717, 1.165) is 24.2 Å². The number of hydrogen-bond acceptors (Lipinski definition) is 2. The molecular formula is C18H19FO2. The van der Waals surface area contributed by atoms with Gasteiger partial charge in [-0.25, -0.2) is 4.39 Å². The molecule has 0 heterocycles. The van der Waals surface area contributed by atoms with Crippen LogP contribution in [0.3, 0.4) is 0 Å². The number of ketones is 1. The Kier molecular flexibility index (Phi) is 5.09. The first kappa shape index (κ1) is 15.2. The van der Waals surface area contributed by atoms with Crippen LogP contribution in [-0.4, -0.2) is 12.4 Å². The second kappa shape index (κ2) is 7.02. The highest BCUT2D eigenvalue weighted by atomic mass is 19.1. The fourth-order valence-electron chi connectivity index (χ4n) is 2.07. The highest BCUT2D eigenvalue weighted by Crippen LogP contribution is 2.17. The number of benzene rings is 2. The molecule has 0 unspecified atom stereocenters. The highest BCUT2D eigenvalue weighted by molar-refractivity contribution is 6.09. The fraction of sp³-hybridized carbons (Fsp3) is 0.278. The molecule has 2 aromatic rings. The second-order valence-corrected chi connectivity index (χ2v) is 5.07. The van der Waals surface area contributed by atoms with E-state index in [4.69, 9.17) is 4.74 Å². The lowest BCUT2D eigenvalue weighted by Crippen LogP contribution is -2.03. The average molecular weight is 286 g/mol. The van der Waals surface area contributed by atoms with Crippen molar-refractivity contribution in [3.63, 3.8) is 0 Å². The van der Waals surface area contributed by atoms with Crippen molar-refractivity contribution in [2.45, 2.75) is 26.7 Å². The predicted octanol–water partition coefficient (Wildman–Crippen LogP) is 4.54. The van der Waals surface area contributed by atoms with Gasteiger partial charge in [-0.3, -0.25) is 4.79 Å². The third-order valence-electron chi connectivity index (χ3n) is 3.19. The van der Waals surface area contributed by atoms with Crippen molar-refractivity contribution < 1.29 is 13.9 Å². The number of halogens is 1. The molecular weight excluding hydrogens is 267 g/mol. The molecule has 21 heavy (non-hydrogen) atoms. The quantitative estimate of drug-likeness (QED) is 0.575. The minimum atomic E-state index is -0.391. The first-order valence-corrected chi connectivity index (χ1v) is 7.15. The summed E-state index contributed by atoms with van der Waals surface area (Å²) in [5.74, 6) is 0.172. The van der Waals surface area contributed by atoms with Gasteiger partial charge < -0.3 is 4.74 Å². The van der Waals surface area contributed by atoms with Gasteiger partial charge in [-0.05, 0) is 61.4 Å². The summed E-state index contributed by atoms with van der Waals surface area (Å²) in [6, 6.07) is 11.3. The van der Waals surface area contributed by atoms with Crippen LogP contribution in [0.2, 0.25) is 0 Å². The zero-order valence-electron chi connectivity index (χ0n) is 12.4. The van der Waals surface area contributed by atoms with Gasteiger partial charge in [-0.15, -0.1) is 0 Å². The Morgan fingerprint density at radius 2 is 1.81 bits per heavy atom. The molecule has 0 atom stereocenters. The van der Waals surface area contributed by atoms with E-state index in [-0.39, 0.29) is 5.78 Å². The third-order valence-corrected chi connectivity index (χ3v) is 3.19. The first-order valence-electron chi connectivity index (χ1n) is 7.15. The molecule has 0 saturated heterocycles. The highest BCUT2D eigenvalue weighted by Gasteiger charge is 2.11. The monoisotopic (exact) mass is 286 g/mol. The van der Waals surface area contributed by atoms with Gasteiger partial charge in [0, 0.05) is 11.1 Å². The van der Waals surface area contributed by atoms with Crippen molar-refractivity contribution in [2.75, 3.05) is 6.61 Å². The first-order chi connectivity index (χ1) is 10.1. The molecule has 0 aromatic heterocycles. The average Bonchev–Trinajstić information content (AvgIpc) is 2.46. The van der Waals surface area contributed by atoms with Gasteiger partial charge in [0.25, 0.3) is 0 Å². The third kappa shape index (κ3) is 4.15. The normalized spacial score (nSPS) is 10.4. The maximum absolute atomic E-state index is 13.4. The topological polar surface area (TPSA) is 26.3 Å². The van der Waals surface area contributed by atoms with Gasteiger partial charge in [-0.2, -0.15) is 0 Å². The molecule has 0 aliphatic rings. The van der Waals surface area contributed by atoms with Gasteiger partial charge in [0.15, 0.2) is 5.78 Å². The van der Waals surface area contributed by atoms with E-state index in [0.29, 0.717) is 17.7 Å². The summed E-state index contributed by atoms with van der Waals surface area (Å²) < 4.78 is 18.9. The molecule has 2 aromatic carbocycles. The van der Waals surface area contributed by atoms with Crippen molar-refractivity contribution in [3.8, 4) is 5.75 Å². The van der Waals surface area contributed by atoms with E-state index in [9.17, 15) is 9.18 Å². The Balaban J connectivity index is 2.12. The summed E-state index contributed by atoms with van der Waals surface area (Å²) in [6.07, 6.45) is 2.08. The molecule has 0 saturated carbocycles. The van der Waals surface area contributed by atoms with E-state index in [1.165, 1.54) is 12.1 Å². The Labute approximate surface area is 124 Å². The Bertz CT molecular complexity index is 597. The van der Waals surface area contributed by atoms with Crippen molar-refractivity contribution in [1.82, 2.24) is 0 Å². The molecule has 0 spiro atoms. The number of ether oxygens (including phenoxy) is 1. The summed E-state index contributed by atoms with van der Waals surface area (Å²) in [5.41, 5.74) is 1.63. The van der Waals surface area contributed by atoms with Gasteiger partial charge >= 0.3 is 0 Å². The number of aryl methyl sites for hydroxylation is 1. The van der Waals surface area contributed by atoms with Crippen LogP contribution in [0.4, 0.5) is 4.39 Å². The van der Waals surface area contributed by atoms with Crippen molar-refractivity contribution >= 4 is 5.78 Å². The summed E-state index contributed by atoms with van der Waals surface area (Å²) >= 11 is 0. The lowest BCUT2D eigenvalue weighted by atomic mass is 10.0.